The maximum atomic E-state index is 12.9. The Morgan fingerprint density at radius 1 is 1.11 bits per heavy atom. The van der Waals surface area contributed by atoms with Gasteiger partial charge in [0, 0.05) is 5.56 Å². The van der Waals surface area contributed by atoms with Gasteiger partial charge in [-0.05, 0) is 36.8 Å². The zero-order valence-corrected chi connectivity index (χ0v) is 15.2. The molecule has 0 aliphatic carbocycles. The molecule has 3 aromatic rings. The van der Waals surface area contributed by atoms with Gasteiger partial charge in [0.1, 0.15) is 16.5 Å². The molecule has 27 heavy (non-hydrogen) atoms. The average molecular weight is 387 g/mol. The fraction of sp³-hybridized carbons (Fsp3) is 0.150. The molecular weight excluding hydrogens is 371 g/mol. The fourth-order valence-corrected chi connectivity index (χ4v) is 2.88. The van der Waals surface area contributed by atoms with Gasteiger partial charge >= 0.3 is 5.97 Å². The molecule has 2 aromatic carbocycles. The standard InChI is InChI=1S/C20H16ClFN2O3/c1-13-18(19(21)24(23-13)11-14-5-3-2-4-6-14)20(26)27-12-17(25)15-7-9-16(22)10-8-15/h2-10H,11-12H2,1H3. The number of nitrogens with zero attached hydrogens (tertiary/aromatic N) is 2. The first-order valence-corrected chi connectivity index (χ1v) is 8.56. The van der Waals surface area contributed by atoms with Crippen LogP contribution in [-0.4, -0.2) is 28.1 Å². The second-order valence-corrected chi connectivity index (χ2v) is 6.26. The summed E-state index contributed by atoms with van der Waals surface area (Å²) in [5, 5.41) is 4.43. The first kappa shape index (κ1) is 18.8. The van der Waals surface area contributed by atoms with Gasteiger partial charge in [-0.15, -0.1) is 0 Å². The molecule has 0 saturated carbocycles. The highest BCUT2D eigenvalue weighted by atomic mass is 35.5. The molecule has 0 amide bonds. The van der Waals surface area contributed by atoms with Gasteiger partial charge in [0.25, 0.3) is 0 Å². The van der Waals surface area contributed by atoms with Crippen LogP contribution in [0.25, 0.3) is 0 Å². The summed E-state index contributed by atoms with van der Waals surface area (Å²) in [4.78, 5) is 24.4. The molecule has 0 atom stereocenters. The van der Waals surface area contributed by atoms with E-state index in [0.29, 0.717) is 12.2 Å². The smallest absolute Gasteiger partial charge is 0.343 e. The number of halogens is 2. The van der Waals surface area contributed by atoms with Crippen molar-refractivity contribution in [3.63, 3.8) is 0 Å². The number of Topliss-reactive ketones (excluding diaryl/α,β-unsaturated/α-hetero) is 1. The minimum atomic E-state index is -0.729. The van der Waals surface area contributed by atoms with E-state index in [1.165, 1.54) is 28.9 Å². The zero-order valence-electron chi connectivity index (χ0n) is 14.5. The molecule has 0 aliphatic rings. The third kappa shape index (κ3) is 4.41. The Morgan fingerprint density at radius 2 is 1.78 bits per heavy atom. The topological polar surface area (TPSA) is 61.2 Å². The number of esters is 1. The van der Waals surface area contributed by atoms with Crippen molar-refractivity contribution in [2.75, 3.05) is 6.61 Å². The van der Waals surface area contributed by atoms with E-state index in [2.05, 4.69) is 5.10 Å². The summed E-state index contributed by atoms with van der Waals surface area (Å²) in [5.74, 6) is -1.61. The Labute approximate surface area is 160 Å². The Hall–Kier alpha value is -2.99. The van der Waals surface area contributed by atoms with Gasteiger partial charge in [-0.3, -0.25) is 4.79 Å². The van der Waals surface area contributed by atoms with E-state index in [4.69, 9.17) is 16.3 Å². The molecule has 0 saturated heterocycles. The Balaban J connectivity index is 1.69. The number of carbonyl (C=O) groups is 2. The van der Waals surface area contributed by atoms with Crippen LogP contribution in [0, 0.1) is 12.7 Å². The van der Waals surface area contributed by atoms with E-state index in [1.54, 1.807) is 6.92 Å². The van der Waals surface area contributed by atoms with Gasteiger partial charge in [-0.2, -0.15) is 5.10 Å². The maximum Gasteiger partial charge on any atom is 0.343 e. The summed E-state index contributed by atoms with van der Waals surface area (Å²) in [7, 11) is 0. The number of hydrogen-bond acceptors (Lipinski definition) is 4. The lowest BCUT2D eigenvalue weighted by atomic mass is 10.1. The van der Waals surface area contributed by atoms with E-state index >= 15 is 0 Å². The lowest BCUT2D eigenvalue weighted by molar-refractivity contribution is 0.0474. The Morgan fingerprint density at radius 3 is 2.44 bits per heavy atom. The second-order valence-electron chi connectivity index (χ2n) is 5.90. The Bertz CT molecular complexity index is 969. The van der Waals surface area contributed by atoms with Crippen molar-refractivity contribution in [2.45, 2.75) is 13.5 Å². The van der Waals surface area contributed by atoms with E-state index in [0.717, 1.165) is 5.56 Å². The fourth-order valence-electron chi connectivity index (χ4n) is 2.57. The summed E-state index contributed by atoms with van der Waals surface area (Å²) < 4.78 is 19.5. The van der Waals surface area contributed by atoms with Crippen molar-refractivity contribution in [3.05, 3.63) is 88.0 Å². The minimum absolute atomic E-state index is 0.125. The van der Waals surface area contributed by atoms with Crippen molar-refractivity contribution in [1.82, 2.24) is 9.78 Å². The molecule has 0 N–H and O–H groups in total. The summed E-state index contributed by atoms with van der Waals surface area (Å²) in [5.41, 5.74) is 1.77. The highest BCUT2D eigenvalue weighted by molar-refractivity contribution is 6.32. The van der Waals surface area contributed by atoms with Crippen molar-refractivity contribution in [2.24, 2.45) is 0 Å². The average Bonchev–Trinajstić information content (AvgIpc) is 2.94. The molecule has 0 spiro atoms. The molecule has 0 radical (unpaired) electrons. The van der Waals surface area contributed by atoms with Gasteiger partial charge in [0.2, 0.25) is 0 Å². The normalized spacial score (nSPS) is 10.6. The molecule has 1 heterocycles. The van der Waals surface area contributed by atoms with Crippen LogP contribution in [-0.2, 0) is 11.3 Å². The molecule has 1 aromatic heterocycles. The largest absolute Gasteiger partial charge is 0.454 e. The number of aryl methyl sites for hydroxylation is 1. The molecule has 0 unspecified atom stereocenters. The van der Waals surface area contributed by atoms with Crippen molar-refractivity contribution in [1.29, 1.82) is 0 Å². The number of aromatic nitrogens is 2. The van der Waals surface area contributed by atoms with Crippen molar-refractivity contribution < 1.29 is 18.7 Å². The highest BCUT2D eigenvalue weighted by Crippen LogP contribution is 2.22. The van der Waals surface area contributed by atoms with Crippen LogP contribution >= 0.6 is 11.6 Å². The second kappa shape index (κ2) is 8.14. The van der Waals surface area contributed by atoms with Gasteiger partial charge < -0.3 is 4.74 Å². The number of hydrogen-bond donors (Lipinski definition) is 0. The van der Waals surface area contributed by atoms with Crippen LogP contribution in [0.3, 0.4) is 0 Å². The molecule has 0 aliphatic heterocycles. The molecule has 0 bridgehead atoms. The quantitative estimate of drug-likeness (QED) is 0.473. The SMILES string of the molecule is Cc1nn(Cc2ccccc2)c(Cl)c1C(=O)OCC(=O)c1ccc(F)cc1. The van der Waals surface area contributed by atoms with E-state index < -0.39 is 24.2 Å². The summed E-state index contributed by atoms with van der Waals surface area (Å²) in [6.45, 7) is 1.58. The molecule has 3 rings (SSSR count). The van der Waals surface area contributed by atoms with E-state index in [9.17, 15) is 14.0 Å². The lowest BCUT2D eigenvalue weighted by Gasteiger charge is -2.05. The number of carbonyl (C=O) groups excluding carboxylic acids is 2. The molecule has 0 fully saturated rings. The third-order valence-electron chi connectivity index (χ3n) is 3.95. The molecule has 5 nitrogen and oxygen atoms in total. The van der Waals surface area contributed by atoms with Crippen LogP contribution in [0.4, 0.5) is 4.39 Å². The lowest BCUT2D eigenvalue weighted by Crippen LogP contribution is -2.15. The summed E-state index contributed by atoms with van der Waals surface area (Å²) in [6.07, 6.45) is 0. The number of rotatable bonds is 6. The van der Waals surface area contributed by atoms with E-state index in [1.807, 2.05) is 30.3 Å². The molecular formula is C20H16ClFN2O3. The number of benzene rings is 2. The first-order valence-electron chi connectivity index (χ1n) is 8.18. The van der Waals surface area contributed by atoms with Gasteiger partial charge in [-0.1, -0.05) is 41.9 Å². The monoisotopic (exact) mass is 386 g/mol. The van der Waals surface area contributed by atoms with Crippen LogP contribution in [0.2, 0.25) is 5.15 Å². The summed E-state index contributed by atoms with van der Waals surface area (Å²) >= 11 is 6.30. The molecule has 7 heteroatoms. The summed E-state index contributed by atoms with van der Waals surface area (Å²) in [6, 6.07) is 14.6. The highest BCUT2D eigenvalue weighted by Gasteiger charge is 2.22. The van der Waals surface area contributed by atoms with Gasteiger partial charge in [0.15, 0.2) is 12.4 Å². The molecule has 138 valence electrons. The number of ketones is 1. The third-order valence-corrected chi connectivity index (χ3v) is 4.33. The van der Waals surface area contributed by atoms with Crippen molar-refractivity contribution >= 4 is 23.4 Å². The number of ether oxygens (including phenoxy) is 1. The van der Waals surface area contributed by atoms with Crippen LogP contribution in [0.15, 0.2) is 54.6 Å². The predicted molar refractivity (Wildman–Crippen MR) is 98.5 cm³/mol. The van der Waals surface area contributed by atoms with Crippen LogP contribution < -0.4 is 0 Å². The predicted octanol–water partition coefficient (Wildman–Crippen LogP) is 4.07. The van der Waals surface area contributed by atoms with Crippen LogP contribution in [0.5, 0.6) is 0 Å². The first-order chi connectivity index (χ1) is 13.0. The minimum Gasteiger partial charge on any atom is -0.454 e. The van der Waals surface area contributed by atoms with Crippen LogP contribution in [0.1, 0.15) is 32.0 Å². The van der Waals surface area contributed by atoms with Gasteiger partial charge in [0.05, 0.1) is 12.2 Å². The maximum absolute atomic E-state index is 12.9. The van der Waals surface area contributed by atoms with Gasteiger partial charge in [-0.25, -0.2) is 13.9 Å². The Kier molecular flexibility index (Phi) is 5.66. The van der Waals surface area contributed by atoms with E-state index in [-0.39, 0.29) is 16.3 Å². The van der Waals surface area contributed by atoms with Crippen molar-refractivity contribution in [3.8, 4) is 0 Å². The zero-order chi connectivity index (χ0) is 19.4.